The third-order valence-corrected chi connectivity index (χ3v) is 2.65. The third-order valence-electron chi connectivity index (χ3n) is 2.65. The first kappa shape index (κ1) is 12.1. The smallest absolute Gasteiger partial charge is 0.186 e. The number of carbonyl (C=O) groups excluding carboxylic acids is 2. The predicted molar refractivity (Wildman–Crippen MR) is 66.7 cm³/mol. The first-order chi connectivity index (χ1) is 8.65. The molecule has 0 amide bonds. The minimum atomic E-state index is -0.221. The lowest BCUT2D eigenvalue weighted by atomic mass is 9.95. The Bertz CT molecular complexity index is 567. The summed E-state index contributed by atoms with van der Waals surface area (Å²) in [7, 11) is 3.05. The molecule has 92 valence electrons. The fraction of sp³-hybridized carbons (Fsp3) is 0.143. The number of methoxy groups -OCH3 is 2. The van der Waals surface area contributed by atoms with Crippen LogP contribution < -0.4 is 9.47 Å². The number of allylic oxidation sites excluding steroid dienone is 4. The molecule has 0 spiro atoms. The number of benzene rings is 1. The van der Waals surface area contributed by atoms with Crippen molar-refractivity contribution in [2.45, 2.75) is 0 Å². The molecule has 18 heavy (non-hydrogen) atoms. The number of hydrogen-bond donors (Lipinski definition) is 0. The van der Waals surface area contributed by atoms with Gasteiger partial charge >= 0.3 is 0 Å². The van der Waals surface area contributed by atoms with Gasteiger partial charge in [0.1, 0.15) is 11.5 Å². The molecule has 4 heteroatoms. The minimum absolute atomic E-state index is 0.213. The molecule has 0 N–H and O–H groups in total. The van der Waals surface area contributed by atoms with Gasteiger partial charge in [-0.25, -0.2) is 0 Å². The summed E-state index contributed by atoms with van der Waals surface area (Å²) in [6.07, 6.45) is 3.81. The van der Waals surface area contributed by atoms with E-state index in [0.717, 1.165) is 0 Å². The normalized spacial score (nSPS) is 14.4. The second-order valence-electron chi connectivity index (χ2n) is 3.72. The standard InChI is InChI=1S/C14H12O4/c1-17-10-4-6-14(18-2)12(8-10)11-7-9(15)3-5-13(11)16/h3-8H,1-2H3. The molecule has 0 saturated carbocycles. The van der Waals surface area contributed by atoms with Crippen molar-refractivity contribution in [2.75, 3.05) is 14.2 Å². The number of hydrogen-bond acceptors (Lipinski definition) is 4. The van der Waals surface area contributed by atoms with E-state index in [1.807, 2.05) is 0 Å². The maximum absolute atomic E-state index is 11.8. The van der Waals surface area contributed by atoms with Gasteiger partial charge in [-0.15, -0.1) is 0 Å². The largest absolute Gasteiger partial charge is 0.497 e. The van der Waals surface area contributed by atoms with Crippen molar-refractivity contribution < 1.29 is 19.1 Å². The van der Waals surface area contributed by atoms with Gasteiger partial charge in [0.2, 0.25) is 0 Å². The molecule has 1 aliphatic rings. The van der Waals surface area contributed by atoms with Gasteiger partial charge in [0, 0.05) is 11.1 Å². The quantitative estimate of drug-likeness (QED) is 0.761. The first-order valence-electron chi connectivity index (χ1n) is 5.36. The van der Waals surface area contributed by atoms with Crippen molar-refractivity contribution in [3.05, 3.63) is 42.0 Å². The number of carbonyl (C=O) groups is 2. The zero-order valence-electron chi connectivity index (χ0n) is 10.1. The Hall–Kier alpha value is -2.36. The van der Waals surface area contributed by atoms with Gasteiger partial charge < -0.3 is 9.47 Å². The summed E-state index contributed by atoms with van der Waals surface area (Å²) in [6.45, 7) is 0. The number of rotatable bonds is 3. The van der Waals surface area contributed by atoms with Crippen LogP contribution in [0.2, 0.25) is 0 Å². The molecular formula is C14H12O4. The topological polar surface area (TPSA) is 52.6 Å². The molecule has 0 unspecified atom stereocenters. The Morgan fingerprint density at radius 2 is 1.78 bits per heavy atom. The van der Waals surface area contributed by atoms with E-state index in [0.29, 0.717) is 22.6 Å². The fourth-order valence-corrected chi connectivity index (χ4v) is 1.74. The van der Waals surface area contributed by atoms with E-state index in [2.05, 4.69) is 0 Å². The SMILES string of the molecule is COc1ccc(OC)c(C2=CC(=O)C=CC2=O)c1. The molecule has 4 nitrogen and oxygen atoms in total. The number of ketones is 2. The minimum Gasteiger partial charge on any atom is -0.497 e. The molecule has 0 saturated heterocycles. The van der Waals surface area contributed by atoms with Crippen molar-refractivity contribution in [1.29, 1.82) is 0 Å². The maximum Gasteiger partial charge on any atom is 0.186 e. The van der Waals surface area contributed by atoms with E-state index in [1.165, 1.54) is 32.4 Å². The lowest BCUT2D eigenvalue weighted by Crippen LogP contribution is -2.07. The predicted octanol–water partition coefficient (Wildman–Crippen LogP) is 1.80. The molecule has 0 fully saturated rings. The van der Waals surface area contributed by atoms with Crippen molar-refractivity contribution in [3.63, 3.8) is 0 Å². The molecule has 1 aromatic carbocycles. The molecule has 0 heterocycles. The van der Waals surface area contributed by atoms with Crippen molar-refractivity contribution in [2.24, 2.45) is 0 Å². The number of ether oxygens (including phenoxy) is 2. The highest BCUT2D eigenvalue weighted by atomic mass is 16.5. The molecule has 0 bridgehead atoms. The van der Waals surface area contributed by atoms with Gasteiger partial charge in [-0.3, -0.25) is 9.59 Å². The van der Waals surface area contributed by atoms with Crippen LogP contribution in [0.3, 0.4) is 0 Å². The van der Waals surface area contributed by atoms with Gasteiger partial charge in [-0.2, -0.15) is 0 Å². The molecule has 1 aromatic rings. The second-order valence-corrected chi connectivity index (χ2v) is 3.72. The van der Waals surface area contributed by atoms with Gasteiger partial charge in [-0.1, -0.05) is 0 Å². The monoisotopic (exact) mass is 244 g/mol. The summed E-state index contributed by atoms with van der Waals surface area (Å²) >= 11 is 0. The van der Waals surface area contributed by atoms with Gasteiger partial charge in [-0.05, 0) is 36.4 Å². The van der Waals surface area contributed by atoms with E-state index >= 15 is 0 Å². The van der Waals surface area contributed by atoms with Crippen LogP contribution in [0.25, 0.3) is 5.57 Å². The van der Waals surface area contributed by atoms with E-state index in [4.69, 9.17) is 9.47 Å². The van der Waals surface area contributed by atoms with Crippen LogP contribution in [0, 0.1) is 0 Å². The Morgan fingerprint density at radius 3 is 2.44 bits per heavy atom. The second kappa shape index (κ2) is 4.87. The van der Waals surface area contributed by atoms with E-state index < -0.39 is 0 Å². The molecule has 2 rings (SSSR count). The summed E-state index contributed by atoms with van der Waals surface area (Å²) in [4.78, 5) is 23.2. The van der Waals surface area contributed by atoms with Crippen LogP contribution in [0.4, 0.5) is 0 Å². The molecule has 1 aliphatic carbocycles. The maximum atomic E-state index is 11.8. The van der Waals surface area contributed by atoms with Crippen LogP contribution in [0.15, 0.2) is 36.4 Å². The van der Waals surface area contributed by atoms with E-state index in [1.54, 1.807) is 18.2 Å². The summed E-state index contributed by atoms with van der Waals surface area (Å²) in [6, 6.07) is 5.11. The first-order valence-corrected chi connectivity index (χ1v) is 5.36. The Labute approximate surface area is 105 Å². The summed E-state index contributed by atoms with van der Waals surface area (Å²) in [5.41, 5.74) is 0.873. The highest BCUT2D eigenvalue weighted by Gasteiger charge is 2.19. The summed E-state index contributed by atoms with van der Waals surface area (Å²) in [5, 5.41) is 0. The molecular weight excluding hydrogens is 232 g/mol. The molecule has 0 radical (unpaired) electrons. The van der Waals surface area contributed by atoms with Crippen LogP contribution >= 0.6 is 0 Å². The summed E-state index contributed by atoms with van der Waals surface area (Å²) in [5.74, 6) is 0.690. The Balaban J connectivity index is 2.55. The van der Waals surface area contributed by atoms with Crippen molar-refractivity contribution >= 4 is 17.1 Å². The average molecular weight is 244 g/mol. The highest BCUT2D eigenvalue weighted by Crippen LogP contribution is 2.31. The lowest BCUT2D eigenvalue weighted by molar-refractivity contribution is -0.113. The van der Waals surface area contributed by atoms with Gasteiger partial charge in [0.15, 0.2) is 11.6 Å². The zero-order valence-corrected chi connectivity index (χ0v) is 10.1. The van der Waals surface area contributed by atoms with Crippen LogP contribution in [0.1, 0.15) is 5.56 Å². The third kappa shape index (κ3) is 2.18. The Kier molecular flexibility index (Phi) is 3.28. The summed E-state index contributed by atoms with van der Waals surface area (Å²) < 4.78 is 10.3. The van der Waals surface area contributed by atoms with Crippen LogP contribution in [-0.4, -0.2) is 25.8 Å². The van der Waals surface area contributed by atoms with Gasteiger partial charge in [0.05, 0.1) is 14.2 Å². The van der Waals surface area contributed by atoms with Crippen LogP contribution in [0.5, 0.6) is 11.5 Å². The van der Waals surface area contributed by atoms with Crippen molar-refractivity contribution in [3.8, 4) is 11.5 Å². The highest BCUT2D eigenvalue weighted by molar-refractivity contribution is 6.34. The Morgan fingerprint density at radius 1 is 1.00 bits per heavy atom. The fourth-order valence-electron chi connectivity index (χ4n) is 1.74. The van der Waals surface area contributed by atoms with E-state index in [-0.39, 0.29) is 11.6 Å². The molecule has 0 aromatic heterocycles. The molecule has 0 aliphatic heterocycles. The van der Waals surface area contributed by atoms with Crippen molar-refractivity contribution in [1.82, 2.24) is 0 Å². The molecule has 0 atom stereocenters. The zero-order chi connectivity index (χ0) is 13.1. The van der Waals surface area contributed by atoms with Gasteiger partial charge in [0.25, 0.3) is 0 Å². The lowest BCUT2D eigenvalue weighted by Gasteiger charge is -2.13. The van der Waals surface area contributed by atoms with E-state index in [9.17, 15) is 9.59 Å². The average Bonchev–Trinajstić information content (AvgIpc) is 2.40. The van der Waals surface area contributed by atoms with Crippen LogP contribution in [-0.2, 0) is 9.59 Å².